The summed E-state index contributed by atoms with van der Waals surface area (Å²) in [5, 5.41) is 21.0. The van der Waals surface area contributed by atoms with Crippen LogP contribution in [0.3, 0.4) is 0 Å². The number of nitrogens with zero attached hydrogens (tertiary/aromatic N) is 5. The predicted molar refractivity (Wildman–Crippen MR) is 220 cm³/mol. The molecule has 3 aliphatic carbocycles. The van der Waals surface area contributed by atoms with Gasteiger partial charge in [0.2, 0.25) is 21.8 Å². The number of carbonyl (C=O) groups excluding carboxylic acids is 1. The maximum absolute atomic E-state index is 13.1. The Morgan fingerprint density at radius 2 is 1.86 bits per heavy atom. The van der Waals surface area contributed by atoms with Crippen molar-refractivity contribution >= 4 is 33.1 Å². The van der Waals surface area contributed by atoms with E-state index >= 15 is 0 Å². The minimum atomic E-state index is -3.68. The van der Waals surface area contributed by atoms with E-state index in [4.69, 9.17) is 30.7 Å². The van der Waals surface area contributed by atoms with E-state index in [9.17, 15) is 23.6 Å². The number of likely N-dealkylation sites (tertiary alicyclic amines) is 2. The lowest BCUT2D eigenvalue weighted by atomic mass is 9.82. The van der Waals surface area contributed by atoms with E-state index in [0.717, 1.165) is 71.2 Å². The monoisotopic (exact) mass is 822 g/mol. The summed E-state index contributed by atoms with van der Waals surface area (Å²) in [6, 6.07) is 16.6. The minimum absolute atomic E-state index is 0.112. The van der Waals surface area contributed by atoms with Crippen molar-refractivity contribution in [2.75, 3.05) is 33.3 Å². The van der Waals surface area contributed by atoms with Gasteiger partial charge in [-0.05, 0) is 88.1 Å². The summed E-state index contributed by atoms with van der Waals surface area (Å²) in [7, 11) is -2.11. The van der Waals surface area contributed by atoms with Crippen LogP contribution in [-0.2, 0) is 27.8 Å². The lowest BCUT2D eigenvalue weighted by Crippen LogP contribution is -2.43. The van der Waals surface area contributed by atoms with Crippen LogP contribution in [0.4, 0.5) is 0 Å². The second-order valence-electron chi connectivity index (χ2n) is 16.8. The molecule has 4 heterocycles. The first kappa shape index (κ1) is 38.9. The lowest BCUT2D eigenvalue weighted by molar-refractivity contribution is -0.122. The van der Waals surface area contributed by atoms with Gasteiger partial charge in [-0.15, -0.1) is 0 Å². The molecule has 2 saturated carbocycles. The summed E-state index contributed by atoms with van der Waals surface area (Å²) in [6.45, 7) is 6.87. The van der Waals surface area contributed by atoms with Crippen molar-refractivity contribution in [3.8, 4) is 45.7 Å². The Kier molecular flexibility index (Phi) is 10.0. The van der Waals surface area contributed by atoms with Crippen molar-refractivity contribution in [1.29, 1.82) is 5.26 Å². The second-order valence-corrected chi connectivity index (χ2v) is 19.4. The number of ether oxygens (including phenoxy) is 1. The number of allylic oxidation sites excluding steroid dienone is 1. The third-order valence-electron chi connectivity index (χ3n) is 13.2. The van der Waals surface area contributed by atoms with Crippen LogP contribution in [0.5, 0.6) is 5.88 Å². The fourth-order valence-corrected chi connectivity index (χ4v) is 11.2. The van der Waals surface area contributed by atoms with Gasteiger partial charge in [-0.1, -0.05) is 48.0 Å². The smallest absolute Gasteiger partial charge is 0.240 e. The Bertz CT molecular complexity index is 2510. The number of hydrogen-bond donors (Lipinski definition) is 2. The average Bonchev–Trinajstić information content (AvgIpc) is 3.67. The normalized spacial score (nSPS) is 24.1. The molecule has 2 N–H and O–H groups in total. The van der Waals surface area contributed by atoms with Crippen molar-refractivity contribution < 1.29 is 27.5 Å². The van der Waals surface area contributed by atoms with E-state index in [1.807, 2.05) is 43.3 Å². The summed E-state index contributed by atoms with van der Waals surface area (Å²) < 4.78 is 39.3. The van der Waals surface area contributed by atoms with E-state index in [0.29, 0.717) is 84.8 Å². The molecule has 4 atom stereocenters. The summed E-state index contributed by atoms with van der Waals surface area (Å²) in [5.74, 6) is 1.05. The summed E-state index contributed by atoms with van der Waals surface area (Å²) in [5.41, 5.74) is 8.36. The van der Waals surface area contributed by atoms with Crippen molar-refractivity contribution in [3.63, 3.8) is 0 Å². The molecule has 4 aromatic rings. The fourth-order valence-electron chi connectivity index (χ4n) is 9.54. The molecule has 1 unspecified atom stereocenters. The molecule has 0 radical (unpaired) electrons. The van der Waals surface area contributed by atoms with Gasteiger partial charge in [0, 0.05) is 60.4 Å². The molecule has 302 valence electrons. The number of carbonyl (C=O) groups is 1. The standard InChI is InChI=1S/C44H47ClN6O6S/c1-25-29(32-8-5-9-33(40(32)45)36-21-47-37(43(48-36)56-3)24-50-16-13-28(52)23-50)6-4-7-30(25)39-19-27-18-34-31(35(20-46)41(27)57-39)10-11-38(34)51-17-12-26(22-51)42(53)49-58(54,55)44(2)14-15-44/h4-9,19,21,26,28,34,38,52H,10-18,22-24H2,1-3H3,(H,49,53)/t26-,28-,34?,38-/m1/s1. The molecule has 2 aromatic heterocycles. The number of amides is 1. The highest BCUT2D eigenvalue weighted by atomic mass is 35.5. The van der Waals surface area contributed by atoms with E-state index in [-0.39, 0.29) is 24.0 Å². The SMILES string of the molecule is COc1nc(-c2cccc(-c3cccc(-c4cc5c(o4)C(C#N)=C4CC[C@@H](N6CC[C@@H](C(=O)NS(=O)(=O)C7(C)CC7)C6)C4C5)c3C)c2Cl)cnc1CN1CC[C@@H](O)C1. The van der Waals surface area contributed by atoms with Gasteiger partial charge in [-0.2, -0.15) is 5.26 Å². The molecule has 9 rings (SSSR count). The van der Waals surface area contributed by atoms with Gasteiger partial charge < -0.3 is 14.3 Å². The molecule has 2 aromatic carbocycles. The Hall–Kier alpha value is -4.58. The number of aromatic nitrogens is 2. The Morgan fingerprint density at radius 3 is 2.59 bits per heavy atom. The van der Waals surface area contributed by atoms with Crippen molar-refractivity contribution in [2.45, 2.75) is 82.2 Å². The second kappa shape index (κ2) is 14.9. The Balaban J connectivity index is 0.952. The van der Waals surface area contributed by atoms with Crippen molar-refractivity contribution in [3.05, 3.63) is 81.8 Å². The van der Waals surface area contributed by atoms with Gasteiger partial charge in [0.05, 0.1) is 46.4 Å². The summed E-state index contributed by atoms with van der Waals surface area (Å²) in [6.07, 6.45) is 6.26. The van der Waals surface area contributed by atoms with Crippen molar-refractivity contribution in [1.82, 2.24) is 24.5 Å². The highest BCUT2D eigenvalue weighted by Gasteiger charge is 2.52. The molecule has 5 aliphatic rings. The number of furan rings is 1. The van der Waals surface area contributed by atoms with Crippen LogP contribution in [0, 0.1) is 30.1 Å². The van der Waals surface area contributed by atoms with Crippen LogP contribution in [-0.4, -0.2) is 89.4 Å². The van der Waals surface area contributed by atoms with Gasteiger partial charge in [-0.25, -0.2) is 13.4 Å². The molecule has 14 heteroatoms. The van der Waals surface area contributed by atoms with E-state index in [1.54, 1.807) is 20.2 Å². The number of β-amino-alcohol motifs (C(OH)–C–C–N with tert-alkyl or cyclic N) is 1. The van der Waals surface area contributed by atoms with Gasteiger partial charge in [0.25, 0.3) is 0 Å². The molecule has 2 aliphatic heterocycles. The number of sulfonamides is 1. The molecular formula is C44H47ClN6O6S. The number of benzene rings is 2. The third-order valence-corrected chi connectivity index (χ3v) is 15.8. The number of methoxy groups -OCH3 is 1. The van der Waals surface area contributed by atoms with Crippen LogP contribution in [0.1, 0.15) is 68.0 Å². The first-order chi connectivity index (χ1) is 27.9. The van der Waals surface area contributed by atoms with E-state index < -0.39 is 20.7 Å². The van der Waals surface area contributed by atoms with Crippen LogP contribution >= 0.6 is 11.6 Å². The topological polar surface area (TPSA) is 162 Å². The zero-order chi connectivity index (χ0) is 40.5. The van der Waals surface area contributed by atoms with Crippen LogP contribution < -0.4 is 9.46 Å². The van der Waals surface area contributed by atoms with Gasteiger partial charge in [-0.3, -0.25) is 24.3 Å². The molecule has 12 nitrogen and oxygen atoms in total. The van der Waals surface area contributed by atoms with Gasteiger partial charge in [0.15, 0.2) is 0 Å². The summed E-state index contributed by atoms with van der Waals surface area (Å²) in [4.78, 5) is 27.1. The first-order valence-corrected chi connectivity index (χ1v) is 22.0. The number of hydrogen-bond acceptors (Lipinski definition) is 11. The van der Waals surface area contributed by atoms with Crippen LogP contribution in [0.15, 0.2) is 58.7 Å². The highest BCUT2D eigenvalue weighted by molar-refractivity contribution is 7.91. The van der Waals surface area contributed by atoms with Crippen LogP contribution in [0.25, 0.3) is 39.3 Å². The number of halogens is 1. The maximum Gasteiger partial charge on any atom is 0.240 e. The predicted octanol–water partition coefficient (Wildman–Crippen LogP) is 6.54. The molecule has 58 heavy (non-hydrogen) atoms. The zero-order valence-electron chi connectivity index (χ0n) is 32.9. The number of nitriles is 1. The molecule has 4 fully saturated rings. The molecule has 0 bridgehead atoms. The fraction of sp³-hybridized carbons (Fsp3) is 0.455. The summed E-state index contributed by atoms with van der Waals surface area (Å²) >= 11 is 7.19. The maximum atomic E-state index is 13.1. The quantitative estimate of drug-likeness (QED) is 0.179. The largest absolute Gasteiger partial charge is 0.480 e. The Labute approximate surface area is 343 Å². The van der Waals surface area contributed by atoms with Crippen LogP contribution in [0.2, 0.25) is 5.02 Å². The van der Waals surface area contributed by atoms with Crippen molar-refractivity contribution in [2.24, 2.45) is 11.8 Å². The Morgan fingerprint density at radius 1 is 1.10 bits per heavy atom. The first-order valence-electron chi connectivity index (χ1n) is 20.1. The van der Waals surface area contributed by atoms with E-state index in [1.165, 1.54) is 0 Å². The molecule has 0 spiro atoms. The molecule has 1 amide bonds. The number of rotatable bonds is 10. The number of nitrogens with one attached hydrogen (secondary N) is 1. The highest BCUT2D eigenvalue weighted by Crippen LogP contribution is 2.49. The molecular weight excluding hydrogens is 776 g/mol. The number of fused-ring (bicyclic) bond motifs is 2. The number of aliphatic hydroxyl groups excluding tert-OH is 1. The minimum Gasteiger partial charge on any atom is -0.480 e. The van der Waals surface area contributed by atoms with Gasteiger partial charge in [0.1, 0.15) is 23.3 Å². The lowest BCUT2D eigenvalue weighted by Gasteiger charge is -2.31. The van der Waals surface area contributed by atoms with E-state index in [2.05, 4.69) is 26.7 Å². The average molecular weight is 823 g/mol. The third kappa shape index (κ3) is 6.82. The molecule has 2 saturated heterocycles. The van der Waals surface area contributed by atoms with Gasteiger partial charge >= 0.3 is 0 Å². The number of aliphatic hydroxyl groups is 1. The zero-order valence-corrected chi connectivity index (χ0v) is 34.5.